The Hall–Kier alpha value is -3.15. The number of amides is 1. The number of pyridine rings is 1. The number of imidazole rings is 1. The molecule has 0 saturated heterocycles. The van der Waals surface area contributed by atoms with Crippen molar-refractivity contribution in [1.82, 2.24) is 15.0 Å². The number of rotatable bonds is 5. The number of carbonyl (C=O) groups is 1. The average Bonchev–Trinajstić information content (AvgIpc) is 3.07. The van der Waals surface area contributed by atoms with Gasteiger partial charge in [-0.2, -0.15) is 0 Å². The molecule has 2 aromatic heterocycles. The highest BCUT2D eigenvalue weighted by Crippen LogP contribution is 2.21. The maximum atomic E-state index is 12.4. The van der Waals surface area contributed by atoms with E-state index in [9.17, 15) is 4.79 Å². The minimum absolute atomic E-state index is 0.162. The summed E-state index contributed by atoms with van der Waals surface area (Å²) in [5, 5.41) is 6.07. The topological polar surface area (TPSA) is 82.7 Å². The second-order valence-electron chi connectivity index (χ2n) is 5.98. The third-order valence-corrected chi connectivity index (χ3v) is 3.99. The predicted molar refractivity (Wildman–Crippen MR) is 99.4 cm³/mol. The molecule has 0 fully saturated rings. The Labute approximate surface area is 146 Å². The zero-order valence-electron chi connectivity index (χ0n) is 14.5. The molecule has 3 aromatic rings. The summed E-state index contributed by atoms with van der Waals surface area (Å²) >= 11 is 0. The van der Waals surface area contributed by atoms with Crippen LogP contribution in [0.15, 0.2) is 48.8 Å². The van der Waals surface area contributed by atoms with Gasteiger partial charge in [0.1, 0.15) is 6.04 Å². The molecule has 0 aliphatic carbocycles. The number of hydrogen-bond acceptors (Lipinski definition) is 4. The van der Waals surface area contributed by atoms with E-state index in [0.717, 1.165) is 28.2 Å². The van der Waals surface area contributed by atoms with Crippen molar-refractivity contribution < 1.29 is 4.79 Å². The van der Waals surface area contributed by atoms with E-state index in [2.05, 4.69) is 25.6 Å². The van der Waals surface area contributed by atoms with Gasteiger partial charge in [-0.15, -0.1) is 0 Å². The van der Waals surface area contributed by atoms with Crippen LogP contribution in [0, 0.1) is 13.8 Å². The molecule has 3 N–H and O–H groups in total. The number of carbonyl (C=O) groups excluding carboxylic acids is 1. The Bertz CT molecular complexity index is 852. The molecule has 3 rings (SSSR count). The van der Waals surface area contributed by atoms with Crippen LogP contribution in [-0.2, 0) is 4.79 Å². The highest BCUT2D eigenvalue weighted by molar-refractivity contribution is 5.95. The normalized spacial score (nSPS) is 11.8. The van der Waals surface area contributed by atoms with Crippen LogP contribution in [0.1, 0.15) is 18.1 Å². The number of aryl methyl sites for hydroxylation is 2. The van der Waals surface area contributed by atoms with Crippen molar-refractivity contribution in [3.05, 3.63) is 59.9 Å². The summed E-state index contributed by atoms with van der Waals surface area (Å²) in [6.07, 6.45) is 3.37. The molecule has 0 bridgehead atoms. The second kappa shape index (κ2) is 7.17. The number of anilines is 2. The van der Waals surface area contributed by atoms with Gasteiger partial charge in [0.25, 0.3) is 0 Å². The molecule has 6 nitrogen and oxygen atoms in total. The molecule has 0 radical (unpaired) electrons. The fraction of sp³-hybridized carbons (Fsp3) is 0.211. The van der Waals surface area contributed by atoms with Gasteiger partial charge < -0.3 is 10.3 Å². The van der Waals surface area contributed by atoms with Crippen LogP contribution >= 0.6 is 0 Å². The smallest absolute Gasteiger partial charge is 0.248 e. The van der Waals surface area contributed by atoms with Gasteiger partial charge in [0.2, 0.25) is 11.9 Å². The van der Waals surface area contributed by atoms with Gasteiger partial charge in [-0.05, 0) is 44.0 Å². The third kappa shape index (κ3) is 3.85. The molecule has 0 saturated carbocycles. The number of aromatic nitrogens is 3. The van der Waals surface area contributed by atoms with Crippen molar-refractivity contribution in [1.29, 1.82) is 0 Å². The first-order chi connectivity index (χ1) is 12.0. The molecule has 25 heavy (non-hydrogen) atoms. The van der Waals surface area contributed by atoms with E-state index >= 15 is 0 Å². The molecule has 1 unspecified atom stereocenters. The maximum absolute atomic E-state index is 12.4. The van der Waals surface area contributed by atoms with Crippen molar-refractivity contribution in [3.63, 3.8) is 0 Å². The fourth-order valence-corrected chi connectivity index (χ4v) is 2.59. The maximum Gasteiger partial charge on any atom is 0.248 e. The van der Waals surface area contributed by atoms with Gasteiger partial charge in [0.15, 0.2) is 0 Å². The predicted octanol–water partition coefficient (Wildman–Crippen LogP) is 3.53. The monoisotopic (exact) mass is 335 g/mol. The average molecular weight is 335 g/mol. The fourth-order valence-electron chi connectivity index (χ4n) is 2.59. The number of H-pyrrole nitrogens is 1. The Morgan fingerprint density at radius 3 is 2.52 bits per heavy atom. The number of nitrogens with one attached hydrogen (secondary N) is 3. The van der Waals surface area contributed by atoms with E-state index in [1.807, 2.05) is 57.2 Å². The van der Waals surface area contributed by atoms with Crippen LogP contribution in [0.4, 0.5) is 11.6 Å². The minimum Gasteiger partial charge on any atom is -0.373 e. The minimum atomic E-state index is -0.400. The molecule has 0 spiro atoms. The molecule has 0 aliphatic heterocycles. The van der Waals surface area contributed by atoms with Gasteiger partial charge in [-0.3, -0.25) is 15.1 Å². The number of benzene rings is 1. The van der Waals surface area contributed by atoms with Gasteiger partial charge in [0, 0.05) is 11.9 Å². The van der Waals surface area contributed by atoms with Crippen molar-refractivity contribution in [2.45, 2.75) is 26.8 Å². The zero-order valence-corrected chi connectivity index (χ0v) is 14.5. The Kier molecular flexibility index (Phi) is 4.79. The zero-order chi connectivity index (χ0) is 17.8. The summed E-state index contributed by atoms with van der Waals surface area (Å²) in [5.41, 5.74) is 4.73. The molecule has 1 aromatic carbocycles. The second-order valence-corrected chi connectivity index (χ2v) is 5.98. The molecule has 128 valence electrons. The quantitative estimate of drug-likeness (QED) is 0.666. The summed E-state index contributed by atoms with van der Waals surface area (Å²) in [4.78, 5) is 24.0. The lowest BCUT2D eigenvalue weighted by Crippen LogP contribution is -2.32. The lowest BCUT2D eigenvalue weighted by Gasteiger charge is -2.18. The number of para-hydroxylation sites is 1. The number of hydrogen-bond donors (Lipinski definition) is 3. The van der Waals surface area contributed by atoms with Crippen LogP contribution in [0.3, 0.4) is 0 Å². The summed E-state index contributed by atoms with van der Waals surface area (Å²) in [7, 11) is 0. The van der Waals surface area contributed by atoms with E-state index in [1.165, 1.54) is 0 Å². The summed E-state index contributed by atoms with van der Waals surface area (Å²) in [6.45, 7) is 5.86. The van der Waals surface area contributed by atoms with Gasteiger partial charge in [0.05, 0.1) is 17.6 Å². The van der Waals surface area contributed by atoms with Gasteiger partial charge in [-0.1, -0.05) is 24.3 Å². The van der Waals surface area contributed by atoms with Crippen molar-refractivity contribution in [2.75, 3.05) is 10.6 Å². The SMILES string of the molecule is Cc1cccc(C)c1NC(C)C(=O)Nc1ncc(-c2ccccn2)[nH]1. The largest absolute Gasteiger partial charge is 0.373 e. The van der Waals surface area contributed by atoms with E-state index in [0.29, 0.717) is 5.95 Å². The van der Waals surface area contributed by atoms with Crippen molar-refractivity contribution in [3.8, 4) is 11.4 Å². The van der Waals surface area contributed by atoms with Gasteiger partial charge >= 0.3 is 0 Å². The highest BCUT2D eigenvalue weighted by atomic mass is 16.2. The van der Waals surface area contributed by atoms with Crippen LogP contribution in [0.5, 0.6) is 0 Å². The van der Waals surface area contributed by atoms with Crippen LogP contribution < -0.4 is 10.6 Å². The highest BCUT2D eigenvalue weighted by Gasteiger charge is 2.16. The van der Waals surface area contributed by atoms with E-state index in [4.69, 9.17) is 0 Å². The number of nitrogens with zero attached hydrogens (tertiary/aromatic N) is 2. The standard InChI is InChI=1S/C19H21N5O/c1-12-7-6-8-13(2)17(12)22-14(3)18(25)24-19-21-11-16(23-19)15-9-4-5-10-20-15/h4-11,14,22H,1-3H3,(H2,21,23,24,25). The van der Waals surface area contributed by atoms with E-state index < -0.39 is 6.04 Å². The molecule has 6 heteroatoms. The summed E-state index contributed by atoms with van der Waals surface area (Å²) in [5.74, 6) is 0.241. The lowest BCUT2D eigenvalue weighted by atomic mass is 10.1. The molecular weight excluding hydrogens is 314 g/mol. The summed E-state index contributed by atoms with van der Waals surface area (Å²) < 4.78 is 0. The Morgan fingerprint density at radius 1 is 1.08 bits per heavy atom. The first-order valence-corrected chi connectivity index (χ1v) is 8.14. The Morgan fingerprint density at radius 2 is 1.84 bits per heavy atom. The molecular formula is C19H21N5O. The van der Waals surface area contributed by atoms with Crippen LogP contribution in [0.25, 0.3) is 11.4 Å². The third-order valence-electron chi connectivity index (χ3n) is 3.99. The van der Waals surface area contributed by atoms with E-state index in [1.54, 1.807) is 12.4 Å². The van der Waals surface area contributed by atoms with Crippen LogP contribution in [0.2, 0.25) is 0 Å². The first-order valence-electron chi connectivity index (χ1n) is 8.14. The molecule has 0 aliphatic rings. The molecule has 1 atom stereocenters. The number of aromatic amines is 1. The van der Waals surface area contributed by atoms with Crippen LogP contribution in [-0.4, -0.2) is 26.9 Å². The van der Waals surface area contributed by atoms with Crippen molar-refractivity contribution in [2.24, 2.45) is 0 Å². The Balaban J connectivity index is 1.67. The first kappa shape index (κ1) is 16.7. The molecule has 1 amide bonds. The summed E-state index contributed by atoms with van der Waals surface area (Å²) in [6, 6.07) is 11.3. The van der Waals surface area contributed by atoms with E-state index in [-0.39, 0.29) is 5.91 Å². The lowest BCUT2D eigenvalue weighted by molar-refractivity contribution is -0.116. The van der Waals surface area contributed by atoms with Gasteiger partial charge in [-0.25, -0.2) is 4.98 Å². The van der Waals surface area contributed by atoms with Crippen molar-refractivity contribution >= 4 is 17.5 Å². The molecule has 2 heterocycles.